The van der Waals surface area contributed by atoms with Gasteiger partial charge in [-0.1, -0.05) is 17.2 Å². The average molecular weight is 357 g/mol. The summed E-state index contributed by atoms with van der Waals surface area (Å²) in [6, 6.07) is 9.23. The van der Waals surface area contributed by atoms with Gasteiger partial charge in [0.15, 0.2) is 0 Å². The van der Waals surface area contributed by atoms with Crippen LogP contribution in [0.4, 0.5) is 15.8 Å². The molecule has 2 aromatic carbocycles. The van der Waals surface area contributed by atoms with E-state index in [-0.39, 0.29) is 18.1 Å². The zero-order chi connectivity index (χ0) is 19.3. The number of anilines is 2. The highest BCUT2D eigenvalue weighted by Gasteiger charge is 2.11. The first-order chi connectivity index (χ1) is 12.2. The smallest absolute Gasteiger partial charge is 0.251 e. The quantitative estimate of drug-likeness (QED) is 0.769. The normalized spacial score (nSPS) is 10.2. The van der Waals surface area contributed by atoms with E-state index in [0.29, 0.717) is 11.3 Å². The third kappa shape index (κ3) is 5.41. The summed E-state index contributed by atoms with van der Waals surface area (Å²) in [5.74, 6) is -1.86. The van der Waals surface area contributed by atoms with Crippen LogP contribution >= 0.6 is 0 Å². The lowest BCUT2D eigenvalue weighted by atomic mass is 10.1. The second-order valence-corrected chi connectivity index (χ2v) is 5.98. The van der Waals surface area contributed by atoms with Crippen molar-refractivity contribution in [1.82, 2.24) is 5.32 Å². The molecular weight excluding hydrogens is 337 g/mol. The minimum Gasteiger partial charge on any atom is -0.343 e. The van der Waals surface area contributed by atoms with E-state index in [9.17, 15) is 18.8 Å². The zero-order valence-corrected chi connectivity index (χ0v) is 14.8. The molecule has 0 aliphatic rings. The molecule has 0 aromatic heterocycles. The van der Waals surface area contributed by atoms with Gasteiger partial charge in [0, 0.05) is 18.2 Å². The van der Waals surface area contributed by atoms with Gasteiger partial charge in [0.1, 0.15) is 5.82 Å². The number of halogens is 1. The number of hydrogen-bond donors (Lipinski definition) is 3. The van der Waals surface area contributed by atoms with Gasteiger partial charge in [-0.2, -0.15) is 0 Å². The summed E-state index contributed by atoms with van der Waals surface area (Å²) in [7, 11) is 0. The maximum atomic E-state index is 13.6. The second-order valence-electron chi connectivity index (χ2n) is 5.98. The molecule has 2 aromatic rings. The van der Waals surface area contributed by atoms with Crippen LogP contribution in [-0.2, 0) is 9.59 Å². The molecule has 3 amide bonds. The summed E-state index contributed by atoms with van der Waals surface area (Å²) >= 11 is 0. The number of rotatable bonds is 5. The third-order valence-electron chi connectivity index (χ3n) is 3.45. The first-order valence-electron chi connectivity index (χ1n) is 7.98. The van der Waals surface area contributed by atoms with E-state index < -0.39 is 17.6 Å². The van der Waals surface area contributed by atoms with Crippen molar-refractivity contribution in [3.05, 3.63) is 58.9 Å². The van der Waals surface area contributed by atoms with Crippen LogP contribution < -0.4 is 16.0 Å². The van der Waals surface area contributed by atoms with Crippen LogP contribution in [0, 0.1) is 19.7 Å². The molecule has 26 heavy (non-hydrogen) atoms. The van der Waals surface area contributed by atoms with Gasteiger partial charge in [0.25, 0.3) is 5.91 Å². The molecular formula is C19H20FN3O3. The highest BCUT2D eigenvalue weighted by Crippen LogP contribution is 2.19. The largest absolute Gasteiger partial charge is 0.343 e. The summed E-state index contributed by atoms with van der Waals surface area (Å²) in [5.41, 5.74) is 2.66. The maximum absolute atomic E-state index is 13.6. The second kappa shape index (κ2) is 8.24. The topological polar surface area (TPSA) is 87.3 Å². The van der Waals surface area contributed by atoms with Crippen LogP contribution in [0.1, 0.15) is 28.4 Å². The molecule has 0 saturated heterocycles. The van der Waals surface area contributed by atoms with Gasteiger partial charge >= 0.3 is 0 Å². The van der Waals surface area contributed by atoms with E-state index in [1.54, 1.807) is 12.1 Å². The Labute approximate surface area is 150 Å². The van der Waals surface area contributed by atoms with Crippen LogP contribution in [0.15, 0.2) is 36.4 Å². The van der Waals surface area contributed by atoms with Crippen molar-refractivity contribution in [2.45, 2.75) is 20.8 Å². The Balaban J connectivity index is 1.96. The first-order valence-corrected chi connectivity index (χ1v) is 7.98. The number of carbonyl (C=O) groups excluding carboxylic acids is 3. The fraction of sp³-hybridized carbons (Fsp3) is 0.211. The molecule has 2 rings (SSSR count). The van der Waals surface area contributed by atoms with E-state index >= 15 is 0 Å². The lowest BCUT2D eigenvalue weighted by molar-refractivity contribution is -0.115. The molecule has 0 spiro atoms. The Morgan fingerprint density at radius 3 is 2.23 bits per heavy atom. The molecule has 0 saturated carbocycles. The van der Waals surface area contributed by atoms with Gasteiger partial charge in [-0.15, -0.1) is 0 Å². The van der Waals surface area contributed by atoms with Crippen LogP contribution in [0.25, 0.3) is 0 Å². The minimum atomic E-state index is -0.610. The van der Waals surface area contributed by atoms with Gasteiger partial charge in [-0.05, 0) is 44.2 Å². The van der Waals surface area contributed by atoms with Crippen molar-refractivity contribution in [3.63, 3.8) is 0 Å². The lowest BCUT2D eigenvalue weighted by Crippen LogP contribution is -2.33. The summed E-state index contributed by atoms with van der Waals surface area (Å²) < 4.78 is 13.6. The predicted octanol–water partition coefficient (Wildman–Crippen LogP) is 2.77. The van der Waals surface area contributed by atoms with E-state index in [0.717, 1.165) is 17.2 Å². The average Bonchev–Trinajstić information content (AvgIpc) is 2.54. The van der Waals surface area contributed by atoms with Crippen LogP contribution in [0.3, 0.4) is 0 Å². The predicted molar refractivity (Wildman–Crippen MR) is 97.6 cm³/mol. The van der Waals surface area contributed by atoms with Crippen LogP contribution in [-0.4, -0.2) is 24.3 Å². The van der Waals surface area contributed by atoms with Gasteiger partial charge in [-0.3, -0.25) is 14.4 Å². The van der Waals surface area contributed by atoms with Crippen molar-refractivity contribution < 1.29 is 18.8 Å². The van der Waals surface area contributed by atoms with E-state index in [4.69, 9.17) is 0 Å². The highest BCUT2D eigenvalue weighted by atomic mass is 19.1. The molecule has 0 aliphatic heterocycles. The molecule has 136 valence electrons. The molecule has 7 heteroatoms. The van der Waals surface area contributed by atoms with Crippen molar-refractivity contribution in [1.29, 1.82) is 0 Å². The highest BCUT2D eigenvalue weighted by molar-refractivity contribution is 6.00. The summed E-state index contributed by atoms with van der Waals surface area (Å²) in [6.45, 7) is 4.79. The fourth-order valence-electron chi connectivity index (χ4n) is 2.46. The van der Waals surface area contributed by atoms with Crippen molar-refractivity contribution in [2.24, 2.45) is 0 Å². The maximum Gasteiger partial charge on any atom is 0.251 e. The Morgan fingerprint density at radius 2 is 1.62 bits per heavy atom. The van der Waals surface area contributed by atoms with Crippen molar-refractivity contribution in [3.8, 4) is 0 Å². The fourth-order valence-corrected chi connectivity index (χ4v) is 2.46. The van der Waals surface area contributed by atoms with Crippen molar-refractivity contribution in [2.75, 3.05) is 17.2 Å². The summed E-state index contributed by atoms with van der Waals surface area (Å²) in [5, 5.41) is 7.41. The molecule has 0 atom stereocenters. The lowest BCUT2D eigenvalue weighted by Gasteiger charge is -2.10. The van der Waals surface area contributed by atoms with Crippen LogP contribution in [0.5, 0.6) is 0 Å². The first kappa shape index (κ1) is 19.1. The Hall–Kier alpha value is -3.22. The zero-order valence-electron chi connectivity index (χ0n) is 14.8. The number of nitrogens with one attached hydrogen (secondary N) is 3. The monoisotopic (exact) mass is 357 g/mol. The van der Waals surface area contributed by atoms with Gasteiger partial charge in [-0.25, -0.2) is 4.39 Å². The number of amides is 3. The molecule has 0 radical (unpaired) electrons. The van der Waals surface area contributed by atoms with E-state index in [1.165, 1.54) is 19.1 Å². The van der Waals surface area contributed by atoms with E-state index in [2.05, 4.69) is 16.0 Å². The molecule has 6 nitrogen and oxygen atoms in total. The summed E-state index contributed by atoms with van der Waals surface area (Å²) in [4.78, 5) is 35.2. The summed E-state index contributed by atoms with van der Waals surface area (Å²) in [6.07, 6.45) is 0. The molecule has 0 unspecified atom stereocenters. The van der Waals surface area contributed by atoms with Gasteiger partial charge in [0.05, 0.1) is 12.2 Å². The Morgan fingerprint density at radius 1 is 0.962 bits per heavy atom. The number of hydrogen-bond acceptors (Lipinski definition) is 3. The molecule has 0 bridgehead atoms. The number of benzene rings is 2. The van der Waals surface area contributed by atoms with E-state index in [1.807, 2.05) is 19.9 Å². The SMILES string of the molecule is CC(=O)Nc1cc(NC(=O)CNC(=O)c2cc(C)cc(C)c2)ccc1F. The molecule has 0 fully saturated rings. The van der Waals surface area contributed by atoms with Gasteiger partial charge < -0.3 is 16.0 Å². The molecule has 0 aliphatic carbocycles. The minimum absolute atomic E-state index is 0.0328. The van der Waals surface area contributed by atoms with Gasteiger partial charge in [0.2, 0.25) is 11.8 Å². The molecule has 0 heterocycles. The van der Waals surface area contributed by atoms with Crippen molar-refractivity contribution >= 4 is 29.1 Å². The Kier molecular flexibility index (Phi) is 6.06. The Bertz CT molecular complexity index is 845. The standard InChI is InChI=1S/C19H20FN3O3/c1-11-6-12(2)8-14(7-11)19(26)21-10-18(25)23-15-4-5-16(20)17(9-15)22-13(3)24/h4-9H,10H2,1-3H3,(H,21,26)(H,22,24)(H,23,25). The number of carbonyl (C=O) groups is 3. The third-order valence-corrected chi connectivity index (χ3v) is 3.45. The number of aryl methyl sites for hydroxylation is 2. The molecule has 3 N–H and O–H groups in total. The van der Waals surface area contributed by atoms with Crippen LogP contribution in [0.2, 0.25) is 0 Å².